The maximum Gasteiger partial charge on any atom is 0.469 e. The predicted octanol–water partition coefficient (Wildman–Crippen LogP) is 7.95. The molecule has 0 spiro atoms. The number of unbranched alkanes of at least 4 members (excludes halogenated alkanes) is 15. The lowest BCUT2D eigenvalue weighted by molar-refractivity contribution is -0.896. The zero-order chi connectivity index (χ0) is 24.8. The second-order valence-electron chi connectivity index (χ2n) is 10.6. The van der Waals surface area contributed by atoms with Gasteiger partial charge in [-0.1, -0.05) is 103 Å². The van der Waals surface area contributed by atoms with Gasteiger partial charge in [0, 0.05) is 6.42 Å². The number of rotatable bonds is 25. The molecule has 2 N–H and O–H groups in total. The number of phosphoric acid groups is 1. The molecule has 0 fully saturated rings. The van der Waals surface area contributed by atoms with Crippen molar-refractivity contribution in [1.82, 2.24) is 0 Å². The van der Waals surface area contributed by atoms with Crippen molar-refractivity contribution in [3.8, 4) is 0 Å². The Morgan fingerprint density at radius 3 is 1.48 bits per heavy atom. The molecule has 0 saturated carbocycles. The molecule has 0 aromatic rings. The van der Waals surface area contributed by atoms with Crippen molar-refractivity contribution in [2.24, 2.45) is 0 Å². The van der Waals surface area contributed by atoms with Crippen LogP contribution >= 0.6 is 19.6 Å². The van der Waals surface area contributed by atoms with Crippen molar-refractivity contribution < 1.29 is 23.4 Å². The first kappa shape index (κ1) is 33.4. The average Bonchev–Trinajstić information content (AvgIpc) is 2.72. The van der Waals surface area contributed by atoms with Gasteiger partial charge in [0.2, 0.25) is 0 Å². The molecule has 0 radical (unpaired) electrons. The lowest BCUT2D eigenvalue weighted by Crippen LogP contribution is -2.47. The Labute approximate surface area is 210 Å². The summed E-state index contributed by atoms with van der Waals surface area (Å²) in [5.74, 6) is 2.34. The molecule has 5 nitrogen and oxygen atoms in total. The summed E-state index contributed by atoms with van der Waals surface area (Å²) in [6, 6.07) is 0.105. The monoisotopic (exact) mass is 510 g/mol. The third-order valence-corrected chi connectivity index (χ3v) is 8.14. The molecule has 0 heterocycles. The lowest BCUT2D eigenvalue weighted by atomic mass is 10.0. The quantitative estimate of drug-likeness (QED) is 0.0741. The van der Waals surface area contributed by atoms with Crippen LogP contribution in [-0.4, -0.2) is 59.6 Å². The maximum absolute atomic E-state index is 11.0. The average molecular weight is 511 g/mol. The van der Waals surface area contributed by atoms with E-state index in [2.05, 4.69) is 28.1 Å². The van der Waals surface area contributed by atoms with Gasteiger partial charge in [0.1, 0.15) is 12.6 Å². The Kier molecular flexibility index (Phi) is 22.0. The highest BCUT2D eigenvalue weighted by Crippen LogP contribution is 2.36. The zero-order valence-electron chi connectivity index (χ0n) is 22.4. The van der Waals surface area contributed by atoms with Gasteiger partial charge in [0.25, 0.3) is 0 Å². The van der Waals surface area contributed by atoms with Gasteiger partial charge in [-0.3, -0.25) is 4.52 Å². The number of thioether (sulfide) groups is 1. The van der Waals surface area contributed by atoms with Gasteiger partial charge in [0.15, 0.2) is 0 Å². The summed E-state index contributed by atoms with van der Waals surface area (Å²) >= 11 is 2.01. The van der Waals surface area contributed by atoms with Crippen molar-refractivity contribution in [2.45, 2.75) is 129 Å². The van der Waals surface area contributed by atoms with Crippen LogP contribution in [0, 0.1) is 0 Å². The second-order valence-corrected chi connectivity index (χ2v) is 13.1. The molecule has 0 rings (SSSR count). The minimum absolute atomic E-state index is 0.105. The Hall–Kier alpha value is 0.420. The zero-order valence-corrected chi connectivity index (χ0v) is 24.2. The smallest absolute Gasteiger partial charge is 0.327 e. The summed E-state index contributed by atoms with van der Waals surface area (Å²) < 4.78 is 16.4. The first-order valence-electron chi connectivity index (χ1n) is 13.8. The molecule has 0 aliphatic carbocycles. The van der Waals surface area contributed by atoms with E-state index in [4.69, 9.17) is 14.3 Å². The molecular weight excluding hydrogens is 453 g/mol. The fraction of sp³-hybridized carbons (Fsp3) is 1.00. The highest BCUT2D eigenvalue weighted by molar-refractivity contribution is 7.99. The number of hydrogen-bond acceptors (Lipinski definition) is 3. The van der Waals surface area contributed by atoms with Crippen LogP contribution in [0.25, 0.3) is 0 Å². The van der Waals surface area contributed by atoms with Crippen LogP contribution in [0.15, 0.2) is 0 Å². The van der Waals surface area contributed by atoms with Crippen molar-refractivity contribution >= 4 is 19.6 Å². The fourth-order valence-electron chi connectivity index (χ4n) is 4.15. The first-order valence-corrected chi connectivity index (χ1v) is 16.4. The van der Waals surface area contributed by atoms with E-state index in [1.54, 1.807) is 0 Å². The van der Waals surface area contributed by atoms with Crippen LogP contribution in [0.5, 0.6) is 0 Å². The van der Waals surface area contributed by atoms with Crippen molar-refractivity contribution in [2.75, 3.05) is 39.3 Å². The summed E-state index contributed by atoms with van der Waals surface area (Å²) in [4.78, 5) is 17.9. The molecule has 0 aliphatic heterocycles. The van der Waals surface area contributed by atoms with E-state index < -0.39 is 7.82 Å². The van der Waals surface area contributed by atoms with E-state index in [0.717, 1.165) is 18.6 Å². The normalized spacial score (nSPS) is 13.5. The van der Waals surface area contributed by atoms with Gasteiger partial charge in [-0.2, -0.15) is 11.8 Å². The molecule has 0 bridgehead atoms. The lowest BCUT2D eigenvalue weighted by Gasteiger charge is -2.34. The summed E-state index contributed by atoms with van der Waals surface area (Å²) in [5, 5.41) is 0. The van der Waals surface area contributed by atoms with Gasteiger partial charge in [-0.15, -0.1) is 0 Å². The van der Waals surface area contributed by atoms with E-state index in [1.165, 1.54) is 108 Å². The summed E-state index contributed by atoms with van der Waals surface area (Å²) in [7, 11) is 1.77. The second kappa shape index (κ2) is 21.7. The van der Waals surface area contributed by atoms with Crippen LogP contribution in [0.3, 0.4) is 0 Å². The minimum atomic E-state index is -4.38. The summed E-state index contributed by atoms with van der Waals surface area (Å²) in [6.45, 7) is 2.39. The molecule has 1 unspecified atom stereocenters. The minimum Gasteiger partial charge on any atom is -0.327 e. The van der Waals surface area contributed by atoms with Gasteiger partial charge in [0.05, 0.1) is 21.1 Å². The predicted molar refractivity (Wildman–Crippen MR) is 146 cm³/mol. The number of quaternary nitrogens is 1. The molecule has 1 atom stereocenters. The largest absolute Gasteiger partial charge is 0.469 e. The van der Waals surface area contributed by atoms with Crippen LogP contribution in [0.2, 0.25) is 0 Å². The van der Waals surface area contributed by atoms with Crippen molar-refractivity contribution in [3.63, 3.8) is 0 Å². The highest BCUT2D eigenvalue weighted by atomic mass is 32.2. The summed E-state index contributed by atoms with van der Waals surface area (Å²) in [6.07, 6.45) is 24.5. The van der Waals surface area contributed by atoms with E-state index in [1.807, 2.05) is 11.8 Å². The molecule has 200 valence electrons. The Morgan fingerprint density at radius 1 is 0.697 bits per heavy atom. The number of likely N-dealkylation sites (N-methyl/N-ethyl adjacent to an activating group) is 1. The van der Waals surface area contributed by atoms with Gasteiger partial charge >= 0.3 is 7.82 Å². The molecule has 0 aliphatic rings. The molecule has 7 heteroatoms. The topological polar surface area (TPSA) is 66.8 Å². The Morgan fingerprint density at radius 2 is 1.09 bits per heavy atom. The molecule has 0 aromatic heterocycles. The van der Waals surface area contributed by atoms with E-state index in [-0.39, 0.29) is 12.6 Å². The third kappa shape index (κ3) is 25.3. The van der Waals surface area contributed by atoms with Gasteiger partial charge < -0.3 is 14.3 Å². The highest BCUT2D eigenvalue weighted by Gasteiger charge is 2.27. The van der Waals surface area contributed by atoms with Gasteiger partial charge in [-0.05, 0) is 24.3 Å². The fourth-order valence-corrected chi connectivity index (χ4v) is 5.50. The molecule has 0 aromatic carbocycles. The van der Waals surface area contributed by atoms with Crippen LogP contribution < -0.4 is 0 Å². The van der Waals surface area contributed by atoms with Crippen LogP contribution in [-0.2, 0) is 9.09 Å². The standard InChI is InChI=1S/C26H56NO4PS/c1-5-6-7-8-9-10-11-12-13-14-15-16-17-18-19-20-23-33-24-21-22-26(27(2,3)4)25-31-32(28,29)30/h26H,5-25H2,1-4H3,(H-,28,29,30)/p+1. The Bertz CT molecular complexity index is 468. The number of nitrogens with zero attached hydrogens (tertiary/aromatic N) is 1. The first-order chi connectivity index (χ1) is 15.7. The SMILES string of the molecule is CCCCCCCCCCCCCCCCCCSCCCC(COP(=O)(O)O)[N+](C)(C)C. The van der Waals surface area contributed by atoms with Crippen LogP contribution in [0.4, 0.5) is 0 Å². The molecule has 0 amide bonds. The molecule has 33 heavy (non-hydrogen) atoms. The van der Waals surface area contributed by atoms with Gasteiger partial charge in [-0.25, -0.2) is 4.57 Å². The number of phosphoric ester groups is 1. The van der Waals surface area contributed by atoms with Crippen molar-refractivity contribution in [3.05, 3.63) is 0 Å². The van der Waals surface area contributed by atoms with E-state index in [9.17, 15) is 4.57 Å². The van der Waals surface area contributed by atoms with Crippen molar-refractivity contribution in [1.29, 1.82) is 0 Å². The number of hydrogen-bond donors (Lipinski definition) is 2. The van der Waals surface area contributed by atoms with Crippen LogP contribution in [0.1, 0.15) is 122 Å². The van der Waals surface area contributed by atoms with E-state index in [0.29, 0.717) is 4.48 Å². The Balaban J connectivity index is 3.40. The molecule has 0 saturated heterocycles. The molecular formula is C26H57NO4PS+. The maximum atomic E-state index is 11.0. The van der Waals surface area contributed by atoms with E-state index >= 15 is 0 Å². The third-order valence-electron chi connectivity index (χ3n) is 6.50. The summed E-state index contributed by atoms with van der Waals surface area (Å²) in [5.41, 5.74) is 0.